The molecule has 10 heteroatoms. The molecule has 33 heavy (non-hydrogen) atoms. The minimum Gasteiger partial charge on any atom is -0.497 e. The zero-order valence-electron chi connectivity index (χ0n) is 19.2. The van der Waals surface area contributed by atoms with Crippen LogP contribution in [0.1, 0.15) is 66.1 Å². The van der Waals surface area contributed by atoms with Crippen molar-refractivity contribution < 1.29 is 19.1 Å². The highest BCUT2D eigenvalue weighted by molar-refractivity contribution is 7.09. The van der Waals surface area contributed by atoms with Crippen molar-refractivity contribution in [2.45, 2.75) is 58.0 Å². The van der Waals surface area contributed by atoms with Gasteiger partial charge in [0, 0.05) is 11.7 Å². The zero-order valence-corrected chi connectivity index (χ0v) is 20.0. The summed E-state index contributed by atoms with van der Waals surface area (Å²) in [6.45, 7) is 4.00. The Morgan fingerprint density at radius 2 is 1.85 bits per heavy atom. The first-order valence-electron chi connectivity index (χ1n) is 11.1. The molecule has 0 unspecified atom stereocenters. The summed E-state index contributed by atoms with van der Waals surface area (Å²) in [6.07, 6.45) is 4.46. The van der Waals surface area contributed by atoms with E-state index in [0.717, 1.165) is 37.2 Å². The second-order valence-electron chi connectivity index (χ2n) is 8.65. The lowest BCUT2D eigenvalue weighted by atomic mass is 9.99. The summed E-state index contributed by atoms with van der Waals surface area (Å²) in [6, 6.07) is 6.22. The van der Waals surface area contributed by atoms with Crippen LogP contribution in [0.4, 0.5) is 11.4 Å². The van der Waals surface area contributed by atoms with E-state index in [-0.39, 0.29) is 34.1 Å². The van der Waals surface area contributed by atoms with Crippen LogP contribution >= 0.6 is 11.5 Å². The highest BCUT2D eigenvalue weighted by Crippen LogP contribution is 2.30. The highest BCUT2D eigenvalue weighted by atomic mass is 32.1. The Labute approximate surface area is 197 Å². The van der Waals surface area contributed by atoms with Gasteiger partial charge in [0.25, 0.3) is 11.8 Å². The number of nitrogen functional groups attached to an aromatic ring is 1. The van der Waals surface area contributed by atoms with Crippen LogP contribution in [0.2, 0.25) is 0 Å². The van der Waals surface area contributed by atoms with Crippen molar-refractivity contribution in [3.63, 3.8) is 0 Å². The standard InChI is InChI=1S/C23H31N5O4S/c1-13(2)12-17(22(30)26-14-6-4-5-7-14)28(15-8-10-16(32-3)11-9-15)23(31)20-18(24)19(21(25)29)27-33-20/h8-11,13-14,17H,4-7,12,24H2,1-3H3,(H2,25,29)(H,26,30)/t17-/m0/s1. The minimum absolute atomic E-state index is 0.0713. The minimum atomic E-state index is -0.809. The van der Waals surface area contributed by atoms with Crippen molar-refractivity contribution in [2.24, 2.45) is 11.7 Å². The van der Waals surface area contributed by atoms with E-state index in [0.29, 0.717) is 17.9 Å². The van der Waals surface area contributed by atoms with Crippen LogP contribution in [0.3, 0.4) is 0 Å². The summed E-state index contributed by atoms with van der Waals surface area (Å²) in [5.74, 6) is -0.766. The fourth-order valence-electron chi connectivity index (χ4n) is 4.06. The van der Waals surface area contributed by atoms with Gasteiger partial charge in [-0.05, 0) is 61.0 Å². The first-order valence-corrected chi connectivity index (χ1v) is 11.8. The number of primary amides is 1. The maximum absolute atomic E-state index is 13.8. The number of anilines is 2. The van der Waals surface area contributed by atoms with E-state index in [4.69, 9.17) is 16.2 Å². The number of rotatable bonds is 9. The number of carbonyl (C=O) groups excluding carboxylic acids is 3. The van der Waals surface area contributed by atoms with Crippen LogP contribution in [0, 0.1) is 5.92 Å². The number of benzene rings is 1. The molecule has 1 aliphatic carbocycles. The Kier molecular flexibility index (Phi) is 7.91. The maximum atomic E-state index is 13.8. The number of aromatic nitrogens is 1. The number of nitrogens with zero attached hydrogens (tertiary/aromatic N) is 2. The van der Waals surface area contributed by atoms with Crippen molar-refractivity contribution in [1.82, 2.24) is 9.69 Å². The Balaban J connectivity index is 2.04. The number of ether oxygens (including phenoxy) is 1. The molecule has 1 atom stereocenters. The molecule has 3 amide bonds. The second-order valence-corrected chi connectivity index (χ2v) is 9.42. The number of amides is 3. The summed E-state index contributed by atoms with van der Waals surface area (Å²) in [5.41, 5.74) is 11.7. The molecule has 1 saturated carbocycles. The monoisotopic (exact) mass is 473 g/mol. The van der Waals surface area contributed by atoms with Crippen LogP contribution in [-0.4, -0.2) is 41.3 Å². The number of carbonyl (C=O) groups is 3. The normalized spacial score (nSPS) is 14.8. The number of nitrogens with one attached hydrogen (secondary N) is 1. The van der Waals surface area contributed by atoms with Crippen LogP contribution in [0.15, 0.2) is 24.3 Å². The van der Waals surface area contributed by atoms with E-state index >= 15 is 0 Å². The van der Waals surface area contributed by atoms with Gasteiger partial charge < -0.3 is 21.5 Å². The lowest BCUT2D eigenvalue weighted by Gasteiger charge is -2.33. The van der Waals surface area contributed by atoms with Crippen molar-refractivity contribution in [3.05, 3.63) is 34.8 Å². The van der Waals surface area contributed by atoms with Gasteiger partial charge in [-0.2, -0.15) is 4.37 Å². The molecular weight excluding hydrogens is 442 g/mol. The third-order valence-corrected chi connectivity index (χ3v) is 6.59. The zero-order chi connectivity index (χ0) is 24.1. The second kappa shape index (κ2) is 10.7. The molecule has 2 aromatic rings. The lowest BCUT2D eigenvalue weighted by molar-refractivity contribution is -0.123. The van der Waals surface area contributed by atoms with E-state index in [1.165, 1.54) is 4.90 Å². The highest BCUT2D eigenvalue weighted by Gasteiger charge is 2.36. The smallest absolute Gasteiger partial charge is 0.272 e. The maximum Gasteiger partial charge on any atom is 0.272 e. The van der Waals surface area contributed by atoms with Gasteiger partial charge in [0.15, 0.2) is 5.69 Å². The molecule has 1 aliphatic rings. The predicted molar refractivity (Wildman–Crippen MR) is 128 cm³/mol. The van der Waals surface area contributed by atoms with Crippen LogP contribution < -0.4 is 26.4 Å². The lowest BCUT2D eigenvalue weighted by Crippen LogP contribution is -2.52. The molecule has 0 radical (unpaired) electrons. The molecule has 1 heterocycles. The van der Waals surface area contributed by atoms with E-state index in [1.807, 2.05) is 13.8 Å². The van der Waals surface area contributed by atoms with Crippen molar-refractivity contribution >= 4 is 40.6 Å². The molecule has 1 aromatic heterocycles. The average Bonchev–Trinajstić information content (AvgIpc) is 3.42. The van der Waals surface area contributed by atoms with Crippen molar-refractivity contribution in [1.29, 1.82) is 0 Å². The Morgan fingerprint density at radius 1 is 1.21 bits per heavy atom. The number of hydrogen-bond acceptors (Lipinski definition) is 7. The molecule has 0 spiro atoms. The molecule has 0 bridgehead atoms. The van der Waals surface area contributed by atoms with Gasteiger partial charge in [-0.3, -0.25) is 19.3 Å². The fraction of sp³-hybridized carbons (Fsp3) is 0.478. The Hall–Kier alpha value is -3.14. The number of hydrogen-bond donors (Lipinski definition) is 3. The third kappa shape index (κ3) is 5.62. The van der Waals surface area contributed by atoms with Gasteiger partial charge >= 0.3 is 0 Å². The van der Waals surface area contributed by atoms with Gasteiger partial charge in [-0.15, -0.1) is 0 Å². The van der Waals surface area contributed by atoms with E-state index in [2.05, 4.69) is 9.69 Å². The SMILES string of the molecule is COc1ccc(N(C(=O)c2snc(C(N)=O)c2N)[C@@H](CC(C)C)C(=O)NC2CCCC2)cc1. The third-order valence-electron chi connectivity index (χ3n) is 5.74. The topological polar surface area (TPSA) is 141 Å². The van der Waals surface area contributed by atoms with E-state index in [9.17, 15) is 14.4 Å². The van der Waals surface area contributed by atoms with Gasteiger partial charge in [0.05, 0.1) is 12.8 Å². The summed E-state index contributed by atoms with van der Waals surface area (Å²) >= 11 is 0.801. The molecule has 3 rings (SSSR count). The molecular formula is C23H31N5O4S. The van der Waals surface area contributed by atoms with Crippen LogP contribution in [0.5, 0.6) is 5.75 Å². The summed E-state index contributed by atoms with van der Waals surface area (Å²) < 4.78 is 9.20. The number of nitrogens with two attached hydrogens (primary N) is 2. The van der Waals surface area contributed by atoms with Gasteiger partial charge in [0.2, 0.25) is 5.91 Å². The van der Waals surface area contributed by atoms with E-state index in [1.54, 1.807) is 31.4 Å². The van der Waals surface area contributed by atoms with Gasteiger partial charge in [-0.1, -0.05) is 26.7 Å². The quantitative estimate of drug-likeness (QED) is 0.511. The fourth-order valence-corrected chi connectivity index (χ4v) is 4.81. The van der Waals surface area contributed by atoms with E-state index < -0.39 is 17.9 Å². The summed E-state index contributed by atoms with van der Waals surface area (Å²) in [5, 5.41) is 3.13. The summed E-state index contributed by atoms with van der Waals surface area (Å²) in [7, 11) is 1.55. The average molecular weight is 474 g/mol. The van der Waals surface area contributed by atoms with Crippen LogP contribution in [0.25, 0.3) is 0 Å². The number of methoxy groups -OCH3 is 1. The molecule has 0 aliphatic heterocycles. The first kappa shape index (κ1) is 24.5. The molecule has 9 nitrogen and oxygen atoms in total. The largest absolute Gasteiger partial charge is 0.497 e. The Morgan fingerprint density at radius 3 is 2.36 bits per heavy atom. The molecule has 178 valence electrons. The molecule has 5 N–H and O–H groups in total. The predicted octanol–water partition coefficient (Wildman–Crippen LogP) is 2.95. The summed E-state index contributed by atoms with van der Waals surface area (Å²) in [4.78, 5) is 40.4. The molecule has 0 saturated heterocycles. The first-order chi connectivity index (χ1) is 15.7. The molecule has 1 fully saturated rings. The Bertz CT molecular complexity index is 999. The van der Waals surface area contributed by atoms with Crippen molar-refractivity contribution in [2.75, 3.05) is 17.7 Å². The van der Waals surface area contributed by atoms with Crippen molar-refractivity contribution in [3.8, 4) is 5.75 Å². The molecule has 1 aromatic carbocycles. The van der Waals surface area contributed by atoms with Crippen LogP contribution in [-0.2, 0) is 4.79 Å². The van der Waals surface area contributed by atoms with Gasteiger partial charge in [-0.25, -0.2) is 0 Å². The van der Waals surface area contributed by atoms with Gasteiger partial charge in [0.1, 0.15) is 16.7 Å².